The van der Waals surface area contributed by atoms with Crippen molar-refractivity contribution in [2.24, 2.45) is 5.92 Å². The number of para-hydroxylation sites is 1. The van der Waals surface area contributed by atoms with Crippen molar-refractivity contribution in [3.8, 4) is 5.75 Å². The first-order valence-electron chi connectivity index (χ1n) is 10.6. The molecule has 0 saturated carbocycles. The second-order valence-electron chi connectivity index (χ2n) is 8.06. The number of hydrogen-bond donors (Lipinski definition) is 0. The number of anilines is 2. The largest absolute Gasteiger partial charge is 0.573 e. The lowest BCUT2D eigenvalue weighted by Gasteiger charge is -2.28. The van der Waals surface area contributed by atoms with E-state index in [0.717, 1.165) is 17.0 Å². The van der Waals surface area contributed by atoms with E-state index in [2.05, 4.69) is 4.74 Å². The Morgan fingerprint density at radius 3 is 2.08 bits per heavy atom. The Morgan fingerprint density at radius 1 is 0.861 bits per heavy atom. The monoisotopic (exact) mass is 499 g/mol. The van der Waals surface area contributed by atoms with Gasteiger partial charge in [-0.2, -0.15) is 0 Å². The number of non-ortho nitro benzene ring substituents is 1. The van der Waals surface area contributed by atoms with Crippen LogP contribution in [0.4, 0.5) is 30.2 Å². The molecule has 12 heteroatoms. The summed E-state index contributed by atoms with van der Waals surface area (Å²) >= 11 is 0. The minimum Gasteiger partial charge on any atom is -0.406 e. The number of imide groups is 1. The fourth-order valence-corrected chi connectivity index (χ4v) is 4.40. The maximum absolute atomic E-state index is 13.5. The molecule has 2 fully saturated rings. The minimum atomic E-state index is -4.86. The van der Waals surface area contributed by atoms with E-state index >= 15 is 0 Å². The fourth-order valence-electron chi connectivity index (χ4n) is 4.40. The molecular weight excluding hydrogens is 483 g/mol. The number of amides is 2. The molecule has 0 radical (unpaired) electrons. The van der Waals surface area contributed by atoms with Crippen LogP contribution in [0, 0.1) is 16.0 Å². The van der Waals surface area contributed by atoms with Crippen LogP contribution in [0.3, 0.4) is 0 Å². The maximum Gasteiger partial charge on any atom is 0.573 e. The van der Waals surface area contributed by atoms with Gasteiger partial charge < -0.3 is 4.74 Å². The number of nitro groups is 1. The highest BCUT2D eigenvalue weighted by molar-refractivity contribution is 6.23. The van der Waals surface area contributed by atoms with Gasteiger partial charge in [-0.15, -0.1) is 13.2 Å². The second-order valence-corrected chi connectivity index (χ2v) is 8.06. The lowest BCUT2D eigenvalue weighted by molar-refractivity contribution is -0.384. The molecule has 5 rings (SSSR count). The van der Waals surface area contributed by atoms with Crippen LogP contribution in [0.25, 0.3) is 0 Å². The molecule has 9 nitrogen and oxygen atoms in total. The molecule has 2 aliphatic rings. The van der Waals surface area contributed by atoms with E-state index in [1.807, 2.05) is 0 Å². The summed E-state index contributed by atoms with van der Waals surface area (Å²) in [5, 5.41) is 12.4. The van der Waals surface area contributed by atoms with Crippen LogP contribution in [0.2, 0.25) is 0 Å². The highest BCUT2D eigenvalue weighted by atomic mass is 19.4. The fraction of sp³-hybridized carbons (Fsp3) is 0.167. The van der Waals surface area contributed by atoms with Crippen molar-refractivity contribution >= 4 is 28.9 Å². The summed E-state index contributed by atoms with van der Waals surface area (Å²) in [5.74, 6) is -2.71. The Hall–Kier alpha value is -4.45. The molecule has 184 valence electrons. The smallest absolute Gasteiger partial charge is 0.406 e. The van der Waals surface area contributed by atoms with Gasteiger partial charge in [-0.1, -0.05) is 30.3 Å². The summed E-state index contributed by atoms with van der Waals surface area (Å²) in [6, 6.07) is 17.7. The van der Waals surface area contributed by atoms with E-state index in [9.17, 15) is 32.9 Å². The van der Waals surface area contributed by atoms with E-state index in [-0.39, 0.29) is 11.4 Å². The molecule has 0 unspecified atom stereocenters. The average molecular weight is 499 g/mol. The van der Waals surface area contributed by atoms with Gasteiger partial charge in [0.2, 0.25) is 5.91 Å². The van der Waals surface area contributed by atoms with Crippen molar-refractivity contribution in [3.63, 3.8) is 0 Å². The second kappa shape index (κ2) is 8.64. The SMILES string of the molecule is O=C1[C@@H]2[C@H](ON(c3ccccc3)[C@H]2c2ccc(OC(F)(F)F)cc2)C(=O)N1c1ccc([N+](=O)[O-])cc1. The molecule has 2 amide bonds. The zero-order chi connectivity index (χ0) is 25.6. The number of hydroxylamine groups is 1. The van der Waals surface area contributed by atoms with Gasteiger partial charge in [-0.25, -0.2) is 9.96 Å². The summed E-state index contributed by atoms with van der Waals surface area (Å²) in [6.07, 6.45) is -6.07. The minimum absolute atomic E-state index is 0.146. The third-order valence-corrected chi connectivity index (χ3v) is 5.90. The highest BCUT2D eigenvalue weighted by Gasteiger charge is 2.60. The Balaban J connectivity index is 1.51. The highest BCUT2D eigenvalue weighted by Crippen LogP contribution is 2.47. The van der Waals surface area contributed by atoms with Crippen LogP contribution in [-0.2, 0) is 14.4 Å². The van der Waals surface area contributed by atoms with Gasteiger partial charge in [0, 0.05) is 12.1 Å². The van der Waals surface area contributed by atoms with Crippen LogP contribution in [0.15, 0.2) is 78.9 Å². The molecule has 3 atom stereocenters. The number of fused-ring (bicyclic) bond motifs is 1. The van der Waals surface area contributed by atoms with Gasteiger partial charge >= 0.3 is 6.36 Å². The molecule has 2 heterocycles. The number of ether oxygens (including phenoxy) is 1. The average Bonchev–Trinajstić information content (AvgIpc) is 3.35. The lowest BCUT2D eigenvalue weighted by Crippen LogP contribution is -2.37. The summed E-state index contributed by atoms with van der Waals surface area (Å²) < 4.78 is 41.7. The predicted molar refractivity (Wildman–Crippen MR) is 119 cm³/mol. The number of hydrogen-bond acceptors (Lipinski definition) is 7. The molecule has 2 aliphatic heterocycles. The Labute approximate surface area is 201 Å². The van der Waals surface area contributed by atoms with Gasteiger partial charge in [-0.3, -0.25) is 24.5 Å². The van der Waals surface area contributed by atoms with Crippen molar-refractivity contribution in [2.75, 3.05) is 9.96 Å². The lowest BCUT2D eigenvalue weighted by atomic mass is 9.90. The topological polar surface area (TPSA) is 102 Å². The molecule has 36 heavy (non-hydrogen) atoms. The van der Waals surface area contributed by atoms with Crippen LogP contribution < -0.4 is 14.7 Å². The van der Waals surface area contributed by atoms with Crippen LogP contribution in [0.5, 0.6) is 5.75 Å². The summed E-state index contributed by atoms with van der Waals surface area (Å²) in [4.78, 5) is 44.0. The van der Waals surface area contributed by atoms with Crippen molar-refractivity contribution in [1.82, 2.24) is 0 Å². The first kappa shape index (κ1) is 23.3. The molecule has 3 aromatic rings. The van der Waals surface area contributed by atoms with Crippen molar-refractivity contribution in [1.29, 1.82) is 0 Å². The molecule has 0 aliphatic carbocycles. The van der Waals surface area contributed by atoms with E-state index in [1.54, 1.807) is 30.3 Å². The van der Waals surface area contributed by atoms with Gasteiger partial charge in [0.25, 0.3) is 11.6 Å². The number of carbonyl (C=O) groups is 2. The standard InChI is InChI=1S/C24H16F3N3O6/c25-24(26,27)35-18-12-6-14(7-13-18)20-19-21(36-29(20)16-4-2-1-3-5-16)23(32)28(22(19)31)15-8-10-17(11-9-15)30(33)34/h1-13,19-21H/t19-,20-,21-/m0/s1. The molecule has 0 N–H and O–H groups in total. The number of benzene rings is 3. The first-order chi connectivity index (χ1) is 17.1. The van der Waals surface area contributed by atoms with Crippen molar-refractivity contribution < 1.29 is 37.3 Å². The zero-order valence-electron chi connectivity index (χ0n) is 18.2. The van der Waals surface area contributed by atoms with E-state index in [1.165, 1.54) is 41.5 Å². The third-order valence-electron chi connectivity index (χ3n) is 5.90. The number of nitro benzene ring substituents is 1. The Kier molecular flexibility index (Phi) is 5.59. The molecule has 3 aromatic carbocycles. The summed E-state index contributed by atoms with van der Waals surface area (Å²) in [6.45, 7) is 0. The van der Waals surface area contributed by atoms with Crippen LogP contribution >= 0.6 is 0 Å². The van der Waals surface area contributed by atoms with Crippen LogP contribution in [0.1, 0.15) is 11.6 Å². The predicted octanol–water partition coefficient (Wildman–Crippen LogP) is 4.54. The normalized spacial score (nSPS) is 21.6. The van der Waals surface area contributed by atoms with Gasteiger partial charge in [0.05, 0.1) is 22.3 Å². The summed E-state index contributed by atoms with van der Waals surface area (Å²) in [5.41, 5.74) is 0.902. The van der Waals surface area contributed by atoms with Crippen LogP contribution in [-0.4, -0.2) is 29.2 Å². The third kappa shape index (κ3) is 4.11. The molecule has 2 saturated heterocycles. The Bertz CT molecular complexity index is 1320. The van der Waals surface area contributed by atoms with E-state index in [0.29, 0.717) is 11.3 Å². The maximum atomic E-state index is 13.5. The van der Waals surface area contributed by atoms with Gasteiger partial charge in [0.15, 0.2) is 6.10 Å². The van der Waals surface area contributed by atoms with Crippen molar-refractivity contribution in [2.45, 2.75) is 18.5 Å². The number of rotatable bonds is 5. The number of nitrogens with zero attached hydrogens (tertiary/aromatic N) is 3. The van der Waals surface area contributed by atoms with E-state index in [4.69, 9.17) is 4.84 Å². The van der Waals surface area contributed by atoms with Gasteiger partial charge in [0.1, 0.15) is 11.7 Å². The molecule has 0 bridgehead atoms. The number of alkyl halides is 3. The zero-order valence-corrected chi connectivity index (χ0v) is 18.2. The molecular formula is C24H16F3N3O6. The quantitative estimate of drug-likeness (QED) is 0.288. The van der Waals surface area contributed by atoms with Crippen molar-refractivity contribution in [3.05, 3.63) is 94.5 Å². The number of carbonyl (C=O) groups excluding carboxylic acids is 2. The molecule has 0 spiro atoms. The van der Waals surface area contributed by atoms with Gasteiger partial charge in [-0.05, 0) is 42.0 Å². The first-order valence-corrected chi connectivity index (χ1v) is 10.6. The summed E-state index contributed by atoms with van der Waals surface area (Å²) in [7, 11) is 0. The Morgan fingerprint density at radius 2 is 1.50 bits per heavy atom. The number of halogens is 3. The molecule has 0 aromatic heterocycles. The van der Waals surface area contributed by atoms with E-state index < -0.39 is 46.9 Å².